The van der Waals surface area contributed by atoms with Crippen molar-refractivity contribution in [1.29, 1.82) is 0 Å². The molecule has 0 aliphatic heterocycles. The van der Waals surface area contributed by atoms with Gasteiger partial charge in [0, 0.05) is 11.2 Å². The maximum Gasteiger partial charge on any atom is 0.251 e. The molecule has 8 heteroatoms. The summed E-state index contributed by atoms with van der Waals surface area (Å²) in [6.07, 6.45) is 3.54. The van der Waals surface area contributed by atoms with Crippen LogP contribution in [0.3, 0.4) is 0 Å². The van der Waals surface area contributed by atoms with Crippen LogP contribution < -0.4 is 4.74 Å². The number of ether oxygens (including phenoxy) is 1. The van der Waals surface area contributed by atoms with E-state index in [9.17, 15) is 0 Å². The van der Waals surface area contributed by atoms with Gasteiger partial charge in [0.2, 0.25) is 5.82 Å². The van der Waals surface area contributed by atoms with Gasteiger partial charge in [-0.2, -0.15) is 10.1 Å². The highest BCUT2D eigenvalue weighted by Gasteiger charge is 2.19. The predicted octanol–water partition coefficient (Wildman–Crippen LogP) is 3.97. The van der Waals surface area contributed by atoms with Crippen molar-refractivity contribution < 1.29 is 9.26 Å². The molecule has 114 valence electrons. The number of halogens is 2. The Bertz CT molecular complexity index is 802. The Morgan fingerprint density at radius 3 is 2.91 bits per heavy atom. The minimum absolute atomic E-state index is 0.183. The van der Waals surface area contributed by atoms with Crippen LogP contribution in [0.2, 0.25) is 5.02 Å². The third-order valence-corrected chi connectivity index (χ3v) is 3.81. The van der Waals surface area contributed by atoms with Gasteiger partial charge in [-0.05, 0) is 41.1 Å². The van der Waals surface area contributed by atoms with E-state index in [1.54, 1.807) is 36.2 Å². The van der Waals surface area contributed by atoms with Crippen molar-refractivity contribution in [3.05, 3.63) is 46.0 Å². The lowest BCUT2D eigenvalue weighted by Gasteiger charge is -2.06. The standard InChI is InChI=1S/C14H12BrClN4O2/c1-8(20-7-9(15)6-17-20)14-18-13(19-22-14)11-5-10(16)3-4-12(11)21-2/h3-8H,1-2H3. The van der Waals surface area contributed by atoms with Gasteiger partial charge in [-0.1, -0.05) is 16.8 Å². The molecule has 0 bridgehead atoms. The molecule has 0 N–H and O–H groups in total. The fourth-order valence-corrected chi connectivity index (χ4v) is 2.48. The van der Waals surface area contributed by atoms with Crippen LogP contribution in [-0.2, 0) is 0 Å². The number of methoxy groups -OCH3 is 1. The second-order valence-corrected chi connectivity index (χ2v) is 5.97. The summed E-state index contributed by atoms with van der Waals surface area (Å²) >= 11 is 9.39. The molecular weight excluding hydrogens is 372 g/mol. The van der Waals surface area contributed by atoms with Gasteiger partial charge in [0.05, 0.1) is 23.3 Å². The van der Waals surface area contributed by atoms with E-state index in [1.165, 1.54) is 0 Å². The third-order valence-electron chi connectivity index (χ3n) is 3.17. The van der Waals surface area contributed by atoms with Crippen molar-refractivity contribution in [2.24, 2.45) is 0 Å². The van der Waals surface area contributed by atoms with Gasteiger partial charge in [-0.15, -0.1) is 0 Å². The van der Waals surface area contributed by atoms with Crippen LogP contribution in [0.4, 0.5) is 0 Å². The first-order chi connectivity index (χ1) is 10.6. The Hall–Kier alpha value is -1.86. The number of nitrogens with zero attached hydrogens (tertiary/aromatic N) is 4. The molecule has 0 saturated heterocycles. The first-order valence-corrected chi connectivity index (χ1v) is 7.62. The number of rotatable bonds is 4. The van der Waals surface area contributed by atoms with E-state index < -0.39 is 0 Å². The molecule has 0 fully saturated rings. The van der Waals surface area contributed by atoms with Crippen LogP contribution in [0, 0.1) is 0 Å². The molecule has 6 nitrogen and oxygen atoms in total. The minimum atomic E-state index is -0.183. The molecule has 1 atom stereocenters. The number of hydrogen-bond donors (Lipinski definition) is 0. The van der Waals surface area contributed by atoms with Crippen molar-refractivity contribution in [1.82, 2.24) is 19.9 Å². The summed E-state index contributed by atoms with van der Waals surface area (Å²) < 4.78 is 13.3. The van der Waals surface area contributed by atoms with Crippen LogP contribution in [0.1, 0.15) is 18.9 Å². The van der Waals surface area contributed by atoms with Gasteiger partial charge in [0.15, 0.2) is 0 Å². The summed E-state index contributed by atoms with van der Waals surface area (Å²) in [5.41, 5.74) is 0.679. The summed E-state index contributed by atoms with van der Waals surface area (Å²) in [6.45, 7) is 1.92. The zero-order valence-electron chi connectivity index (χ0n) is 11.8. The molecule has 0 aliphatic carbocycles. The number of hydrogen-bond acceptors (Lipinski definition) is 5. The molecular formula is C14H12BrClN4O2. The lowest BCUT2D eigenvalue weighted by atomic mass is 10.2. The zero-order valence-corrected chi connectivity index (χ0v) is 14.2. The molecule has 2 heterocycles. The van der Waals surface area contributed by atoms with Gasteiger partial charge in [0.25, 0.3) is 5.89 Å². The van der Waals surface area contributed by atoms with E-state index in [4.69, 9.17) is 20.9 Å². The molecule has 3 aromatic rings. The van der Waals surface area contributed by atoms with Crippen molar-refractivity contribution in [3.8, 4) is 17.1 Å². The molecule has 0 radical (unpaired) electrons. The largest absolute Gasteiger partial charge is 0.496 e. The van der Waals surface area contributed by atoms with Crippen LogP contribution in [-0.4, -0.2) is 27.0 Å². The predicted molar refractivity (Wildman–Crippen MR) is 85.0 cm³/mol. The molecule has 3 rings (SSSR count). The Balaban J connectivity index is 1.95. The molecule has 0 saturated carbocycles. The summed E-state index contributed by atoms with van der Waals surface area (Å²) in [5.74, 6) is 1.51. The minimum Gasteiger partial charge on any atom is -0.496 e. The summed E-state index contributed by atoms with van der Waals surface area (Å²) in [6, 6.07) is 5.07. The van der Waals surface area contributed by atoms with E-state index >= 15 is 0 Å². The van der Waals surface area contributed by atoms with Crippen LogP contribution >= 0.6 is 27.5 Å². The molecule has 22 heavy (non-hydrogen) atoms. The van der Waals surface area contributed by atoms with E-state index in [0.717, 1.165) is 4.47 Å². The highest BCUT2D eigenvalue weighted by Crippen LogP contribution is 2.31. The quantitative estimate of drug-likeness (QED) is 0.682. The van der Waals surface area contributed by atoms with E-state index in [1.807, 2.05) is 13.1 Å². The van der Waals surface area contributed by atoms with Crippen molar-refractivity contribution in [3.63, 3.8) is 0 Å². The average molecular weight is 384 g/mol. The fraction of sp³-hybridized carbons (Fsp3) is 0.214. The molecule has 0 aliphatic rings. The van der Waals surface area contributed by atoms with Gasteiger partial charge in [-0.3, -0.25) is 4.68 Å². The van der Waals surface area contributed by atoms with Crippen molar-refractivity contribution in [2.75, 3.05) is 7.11 Å². The van der Waals surface area contributed by atoms with Gasteiger partial charge in [-0.25, -0.2) is 0 Å². The lowest BCUT2D eigenvalue weighted by Crippen LogP contribution is -2.07. The Labute approximate surface area is 140 Å². The smallest absolute Gasteiger partial charge is 0.251 e. The Kier molecular flexibility index (Phi) is 4.17. The maximum atomic E-state index is 6.03. The SMILES string of the molecule is COc1ccc(Cl)cc1-c1noc(C(C)n2cc(Br)cn2)n1. The first kappa shape index (κ1) is 15.1. The van der Waals surface area contributed by atoms with E-state index in [-0.39, 0.29) is 6.04 Å². The molecule has 1 aromatic carbocycles. The summed E-state index contributed by atoms with van der Waals surface area (Å²) in [5, 5.41) is 8.81. The van der Waals surface area contributed by atoms with Gasteiger partial charge < -0.3 is 9.26 Å². The van der Waals surface area contributed by atoms with Gasteiger partial charge in [0.1, 0.15) is 11.8 Å². The Morgan fingerprint density at radius 2 is 2.23 bits per heavy atom. The first-order valence-electron chi connectivity index (χ1n) is 6.45. The van der Waals surface area contributed by atoms with Crippen LogP contribution in [0.25, 0.3) is 11.4 Å². The molecule has 2 aromatic heterocycles. The second kappa shape index (κ2) is 6.10. The Morgan fingerprint density at radius 1 is 1.41 bits per heavy atom. The maximum absolute atomic E-state index is 6.03. The molecule has 0 amide bonds. The second-order valence-electron chi connectivity index (χ2n) is 4.62. The summed E-state index contributed by atoms with van der Waals surface area (Å²) in [7, 11) is 1.58. The normalized spacial score (nSPS) is 12.4. The fourth-order valence-electron chi connectivity index (χ4n) is 2.01. The topological polar surface area (TPSA) is 66.0 Å². The number of aromatic nitrogens is 4. The number of benzene rings is 1. The van der Waals surface area contributed by atoms with Gasteiger partial charge >= 0.3 is 0 Å². The highest BCUT2D eigenvalue weighted by molar-refractivity contribution is 9.10. The van der Waals surface area contributed by atoms with Crippen LogP contribution in [0.15, 0.2) is 39.6 Å². The zero-order chi connectivity index (χ0) is 15.7. The summed E-state index contributed by atoms with van der Waals surface area (Å²) in [4.78, 5) is 4.42. The van der Waals surface area contributed by atoms with Crippen molar-refractivity contribution >= 4 is 27.5 Å². The lowest BCUT2D eigenvalue weighted by molar-refractivity contribution is 0.336. The molecule has 0 spiro atoms. The van der Waals surface area contributed by atoms with Crippen molar-refractivity contribution in [2.45, 2.75) is 13.0 Å². The average Bonchev–Trinajstić information content (AvgIpc) is 3.15. The van der Waals surface area contributed by atoms with E-state index in [2.05, 4.69) is 31.2 Å². The van der Waals surface area contributed by atoms with Crippen LogP contribution in [0.5, 0.6) is 5.75 Å². The monoisotopic (exact) mass is 382 g/mol. The van der Waals surface area contributed by atoms with E-state index in [0.29, 0.717) is 28.1 Å². The third kappa shape index (κ3) is 2.86. The molecule has 1 unspecified atom stereocenters. The highest BCUT2D eigenvalue weighted by atomic mass is 79.9.